The fourth-order valence-corrected chi connectivity index (χ4v) is 3.02. The summed E-state index contributed by atoms with van der Waals surface area (Å²) in [6.45, 7) is 8.99. The summed E-state index contributed by atoms with van der Waals surface area (Å²) in [7, 11) is 0. The maximum absolute atomic E-state index is 12.6. The number of nitrogens with zero attached hydrogens (tertiary/aromatic N) is 6. The second-order valence-corrected chi connectivity index (χ2v) is 8.01. The molecule has 0 bridgehead atoms. The zero-order chi connectivity index (χ0) is 20.6. The summed E-state index contributed by atoms with van der Waals surface area (Å²) < 4.78 is 3.28. The number of carbonyl (C=O) groups is 1. The van der Waals surface area contributed by atoms with Crippen molar-refractivity contribution in [3.63, 3.8) is 0 Å². The number of rotatable bonds is 4. The Bertz CT molecular complexity index is 1170. The van der Waals surface area contributed by atoms with Crippen LogP contribution in [-0.2, 0) is 12.0 Å². The van der Waals surface area contributed by atoms with Gasteiger partial charge in [0.1, 0.15) is 5.82 Å². The molecular weight excluding hydrogens is 366 g/mol. The smallest absolute Gasteiger partial charge is 0.296 e. The first kappa shape index (κ1) is 18.8. The van der Waals surface area contributed by atoms with Crippen LogP contribution in [0.15, 0.2) is 48.8 Å². The number of hydrogen-bond donors (Lipinski definition) is 1. The molecule has 0 unspecified atom stereocenters. The van der Waals surface area contributed by atoms with E-state index >= 15 is 0 Å². The van der Waals surface area contributed by atoms with E-state index in [4.69, 9.17) is 0 Å². The minimum Gasteiger partial charge on any atom is -0.304 e. The van der Waals surface area contributed by atoms with Crippen molar-refractivity contribution in [3.05, 3.63) is 71.4 Å². The molecule has 1 amide bonds. The average molecular weight is 389 g/mol. The molecular formula is C21H23N7O. The van der Waals surface area contributed by atoms with E-state index < -0.39 is 5.91 Å². The van der Waals surface area contributed by atoms with Gasteiger partial charge in [0.05, 0.1) is 12.7 Å². The first-order valence-electron chi connectivity index (χ1n) is 9.42. The summed E-state index contributed by atoms with van der Waals surface area (Å²) in [5.41, 5.74) is 3.34. The monoisotopic (exact) mass is 389 g/mol. The Hall–Kier alpha value is -3.55. The third-order valence-corrected chi connectivity index (χ3v) is 4.74. The lowest BCUT2D eigenvalue weighted by Gasteiger charge is -2.19. The van der Waals surface area contributed by atoms with E-state index in [0.29, 0.717) is 18.1 Å². The Morgan fingerprint density at radius 3 is 2.52 bits per heavy atom. The lowest BCUT2D eigenvalue weighted by molar-refractivity contribution is 0.101. The molecule has 3 aromatic heterocycles. The van der Waals surface area contributed by atoms with E-state index in [0.717, 1.165) is 11.3 Å². The highest BCUT2D eigenvalue weighted by atomic mass is 16.2. The Morgan fingerprint density at radius 2 is 1.83 bits per heavy atom. The zero-order valence-corrected chi connectivity index (χ0v) is 16.9. The molecule has 148 valence electrons. The predicted molar refractivity (Wildman–Crippen MR) is 110 cm³/mol. The van der Waals surface area contributed by atoms with Gasteiger partial charge in [-0.2, -0.15) is 10.1 Å². The van der Waals surface area contributed by atoms with Crippen molar-refractivity contribution >= 4 is 17.5 Å². The first-order chi connectivity index (χ1) is 13.8. The maximum atomic E-state index is 12.6. The molecule has 0 aliphatic heterocycles. The van der Waals surface area contributed by atoms with Crippen LogP contribution in [0.1, 0.15) is 48.2 Å². The third kappa shape index (κ3) is 3.87. The van der Waals surface area contributed by atoms with Crippen molar-refractivity contribution < 1.29 is 4.79 Å². The lowest BCUT2D eigenvalue weighted by atomic mass is 9.87. The summed E-state index contributed by atoms with van der Waals surface area (Å²) in [4.78, 5) is 21.0. The zero-order valence-electron chi connectivity index (χ0n) is 16.9. The number of nitrogens with one attached hydrogen (secondary N) is 1. The van der Waals surface area contributed by atoms with E-state index in [2.05, 4.69) is 70.5 Å². The van der Waals surface area contributed by atoms with E-state index in [9.17, 15) is 4.79 Å². The predicted octanol–water partition coefficient (Wildman–Crippen LogP) is 3.23. The number of aryl methyl sites for hydroxylation is 1. The quantitative estimate of drug-likeness (QED) is 0.579. The van der Waals surface area contributed by atoms with Crippen molar-refractivity contribution in [1.82, 2.24) is 29.4 Å². The average Bonchev–Trinajstić information content (AvgIpc) is 3.29. The van der Waals surface area contributed by atoms with E-state index in [1.165, 1.54) is 5.56 Å². The fraction of sp³-hybridized carbons (Fsp3) is 0.286. The molecule has 0 radical (unpaired) electrons. The van der Waals surface area contributed by atoms with E-state index in [1.807, 2.05) is 13.0 Å². The number of hydrogen-bond acceptors (Lipinski definition) is 5. The van der Waals surface area contributed by atoms with Gasteiger partial charge in [-0.15, -0.1) is 5.10 Å². The Labute approximate surface area is 168 Å². The third-order valence-electron chi connectivity index (χ3n) is 4.74. The molecule has 0 aliphatic carbocycles. The topological polar surface area (TPSA) is 90.0 Å². The van der Waals surface area contributed by atoms with Gasteiger partial charge in [-0.3, -0.25) is 4.79 Å². The second kappa shape index (κ2) is 7.12. The second-order valence-electron chi connectivity index (χ2n) is 8.01. The highest BCUT2D eigenvalue weighted by Gasteiger charge is 2.17. The summed E-state index contributed by atoms with van der Waals surface area (Å²) in [6, 6.07) is 12.0. The van der Waals surface area contributed by atoms with Gasteiger partial charge in [-0.25, -0.2) is 14.2 Å². The van der Waals surface area contributed by atoms with Crippen LogP contribution in [0.2, 0.25) is 0 Å². The van der Waals surface area contributed by atoms with Gasteiger partial charge < -0.3 is 5.32 Å². The first-order valence-corrected chi connectivity index (χ1v) is 9.42. The molecule has 0 aliphatic rings. The molecule has 8 heteroatoms. The van der Waals surface area contributed by atoms with Crippen LogP contribution in [-0.4, -0.2) is 35.3 Å². The molecule has 8 nitrogen and oxygen atoms in total. The van der Waals surface area contributed by atoms with E-state index in [-0.39, 0.29) is 11.2 Å². The molecule has 0 atom stereocenters. The number of aromatic nitrogens is 6. The lowest BCUT2D eigenvalue weighted by Crippen LogP contribution is -2.18. The molecule has 1 N–H and O–H groups in total. The number of benzene rings is 1. The van der Waals surface area contributed by atoms with Crippen LogP contribution in [0.5, 0.6) is 0 Å². The molecule has 1 aromatic carbocycles. The molecule has 4 rings (SSSR count). The number of carbonyl (C=O) groups excluding carboxylic acids is 1. The molecule has 0 spiro atoms. The normalized spacial score (nSPS) is 11.7. The highest BCUT2D eigenvalue weighted by molar-refractivity contribution is 6.01. The van der Waals surface area contributed by atoms with Gasteiger partial charge in [0.2, 0.25) is 5.82 Å². The Kier molecular flexibility index (Phi) is 4.62. The van der Waals surface area contributed by atoms with Gasteiger partial charge in [0.25, 0.3) is 11.7 Å². The van der Waals surface area contributed by atoms with Crippen molar-refractivity contribution in [2.45, 2.75) is 39.7 Å². The van der Waals surface area contributed by atoms with Crippen LogP contribution in [0.3, 0.4) is 0 Å². The standard InChI is InChI=1S/C21H23N7O/c1-14-9-11-22-20-25-18(26-28(14)20)19(29)24-17-10-12-23-27(17)13-15-5-7-16(8-6-15)21(2,3)4/h5-12H,13H2,1-4H3,(H,24,29). The van der Waals surface area contributed by atoms with Crippen LogP contribution in [0, 0.1) is 6.92 Å². The van der Waals surface area contributed by atoms with Crippen LogP contribution >= 0.6 is 0 Å². The summed E-state index contributed by atoms with van der Waals surface area (Å²) >= 11 is 0. The summed E-state index contributed by atoms with van der Waals surface area (Å²) in [5, 5.41) is 11.4. The van der Waals surface area contributed by atoms with Gasteiger partial charge in [-0.05, 0) is 29.5 Å². The van der Waals surface area contributed by atoms with Crippen molar-refractivity contribution in [2.75, 3.05) is 5.32 Å². The van der Waals surface area contributed by atoms with Crippen molar-refractivity contribution in [1.29, 1.82) is 0 Å². The SMILES string of the molecule is Cc1ccnc2nc(C(=O)Nc3ccnn3Cc3ccc(C(C)(C)C)cc3)nn12. The highest BCUT2D eigenvalue weighted by Crippen LogP contribution is 2.22. The van der Waals surface area contributed by atoms with Gasteiger partial charge in [0.15, 0.2) is 0 Å². The summed E-state index contributed by atoms with van der Waals surface area (Å²) in [5.74, 6) is 0.634. The maximum Gasteiger partial charge on any atom is 0.296 e. The molecule has 29 heavy (non-hydrogen) atoms. The number of fused-ring (bicyclic) bond motifs is 1. The molecule has 0 fully saturated rings. The Morgan fingerprint density at radius 1 is 1.07 bits per heavy atom. The summed E-state index contributed by atoms with van der Waals surface area (Å²) in [6.07, 6.45) is 3.29. The van der Waals surface area contributed by atoms with Crippen LogP contribution < -0.4 is 5.32 Å². The fourth-order valence-electron chi connectivity index (χ4n) is 3.02. The Balaban J connectivity index is 1.51. The van der Waals surface area contributed by atoms with Crippen LogP contribution in [0.25, 0.3) is 5.78 Å². The van der Waals surface area contributed by atoms with E-state index in [1.54, 1.807) is 27.7 Å². The largest absolute Gasteiger partial charge is 0.304 e. The molecule has 0 saturated heterocycles. The van der Waals surface area contributed by atoms with Gasteiger partial charge >= 0.3 is 0 Å². The molecule has 3 heterocycles. The molecule has 4 aromatic rings. The van der Waals surface area contributed by atoms with Crippen molar-refractivity contribution in [3.8, 4) is 0 Å². The minimum atomic E-state index is -0.403. The minimum absolute atomic E-state index is 0.0640. The van der Waals surface area contributed by atoms with Crippen LogP contribution in [0.4, 0.5) is 5.82 Å². The number of amides is 1. The number of anilines is 1. The van der Waals surface area contributed by atoms with Gasteiger partial charge in [0, 0.05) is 18.0 Å². The van der Waals surface area contributed by atoms with Crippen molar-refractivity contribution in [2.24, 2.45) is 0 Å². The molecule has 0 saturated carbocycles. The van der Waals surface area contributed by atoms with Gasteiger partial charge in [-0.1, -0.05) is 45.0 Å².